The number of nitro benzene ring substituents is 1. The molecule has 2 rings (SSSR count). The summed E-state index contributed by atoms with van der Waals surface area (Å²) in [6, 6.07) is 3.55. The van der Waals surface area contributed by atoms with Crippen molar-refractivity contribution in [2.24, 2.45) is 5.92 Å². The summed E-state index contributed by atoms with van der Waals surface area (Å²) in [5, 5.41) is 16.9. The van der Waals surface area contributed by atoms with Gasteiger partial charge in [-0.15, -0.1) is 0 Å². The predicted molar refractivity (Wildman–Crippen MR) is 72.1 cm³/mol. The molecule has 0 radical (unpaired) electrons. The molecule has 0 aliphatic carbocycles. The molecular weight excluding hydrogens is 268 g/mol. The van der Waals surface area contributed by atoms with Crippen LogP contribution in [0.2, 0.25) is 0 Å². The Hall–Kier alpha value is -1.76. The molecular formula is C13H17F2N3O2. The summed E-state index contributed by atoms with van der Waals surface area (Å²) in [4.78, 5) is 9.96. The van der Waals surface area contributed by atoms with Crippen molar-refractivity contribution in [3.63, 3.8) is 0 Å². The Morgan fingerprint density at radius 3 is 2.70 bits per heavy atom. The second-order valence-electron chi connectivity index (χ2n) is 4.90. The first-order valence-corrected chi connectivity index (χ1v) is 6.59. The molecule has 0 unspecified atom stereocenters. The Bertz CT molecular complexity index is 477. The molecule has 0 bridgehead atoms. The molecule has 0 aromatic heterocycles. The average molecular weight is 285 g/mol. The van der Waals surface area contributed by atoms with E-state index < -0.39 is 11.3 Å². The Morgan fingerprint density at radius 1 is 1.40 bits per heavy atom. The molecule has 1 heterocycles. The molecule has 2 N–H and O–H groups in total. The summed E-state index contributed by atoms with van der Waals surface area (Å²) in [6.45, 7) is 2.49. The molecule has 1 aliphatic heterocycles. The maximum absolute atomic E-state index is 13.0. The van der Waals surface area contributed by atoms with Gasteiger partial charge in [0, 0.05) is 29.9 Å². The molecule has 7 heteroatoms. The number of nitrogens with one attached hydrogen (secondary N) is 2. The lowest BCUT2D eigenvalue weighted by molar-refractivity contribution is -0.385. The zero-order valence-corrected chi connectivity index (χ0v) is 10.9. The Kier molecular flexibility index (Phi) is 4.84. The number of non-ortho nitro benzene ring substituents is 1. The fraction of sp³-hybridized carbons (Fsp3) is 0.538. The zero-order valence-electron chi connectivity index (χ0n) is 10.9. The minimum absolute atomic E-state index is 0.282. The first-order chi connectivity index (χ1) is 9.58. The van der Waals surface area contributed by atoms with Crippen LogP contribution in [-0.2, 0) is 0 Å². The van der Waals surface area contributed by atoms with Crippen LogP contribution in [0.5, 0.6) is 0 Å². The fourth-order valence-electron chi connectivity index (χ4n) is 2.35. The van der Waals surface area contributed by atoms with Crippen LogP contribution in [0.1, 0.15) is 24.8 Å². The normalized spacial score (nSPS) is 16.4. The summed E-state index contributed by atoms with van der Waals surface area (Å²) < 4.78 is 25.9. The molecule has 0 saturated carbocycles. The van der Waals surface area contributed by atoms with Gasteiger partial charge >= 0.3 is 0 Å². The van der Waals surface area contributed by atoms with E-state index >= 15 is 0 Å². The number of anilines is 1. The van der Waals surface area contributed by atoms with Crippen LogP contribution in [0, 0.1) is 16.0 Å². The van der Waals surface area contributed by atoms with Crippen molar-refractivity contribution in [2.45, 2.75) is 19.3 Å². The van der Waals surface area contributed by atoms with E-state index in [4.69, 9.17) is 0 Å². The number of hydrogen-bond acceptors (Lipinski definition) is 4. The lowest BCUT2D eigenvalue weighted by Gasteiger charge is -2.23. The summed E-state index contributed by atoms with van der Waals surface area (Å²) in [5.41, 5.74) is -0.343. The second-order valence-corrected chi connectivity index (χ2v) is 4.90. The number of alkyl halides is 2. The Morgan fingerprint density at radius 2 is 2.10 bits per heavy atom. The highest BCUT2D eigenvalue weighted by Gasteiger charge is 2.19. The molecule has 1 saturated heterocycles. The maximum Gasteiger partial charge on any atom is 0.270 e. The summed E-state index contributed by atoms with van der Waals surface area (Å²) in [5.74, 6) is 0.442. The Balaban J connectivity index is 2.07. The first kappa shape index (κ1) is 14.6. The SMILES string of the molecule is O=[N+]([O-])c1ccc(NCC2CCNCC2)c(C(F)F)c1. The van der Waals surface area contributed by atoms with Gasteiger partial charge in [-0.1, -0.05) is 0 Å². The third-order valence-corrected chi connectivity index (χ3v) is 3.52. The fourth-order valence-corrected chi connectivity index (χ4v) is 2.35. The molecule has 1 aliphatic rings. The average Bonchev–Trinajstić information content (AvgIpc) is 2.45. The second kappa shape index (κ2) is 6.60. The van der Waals surface area contributed by atoms with E-state index in [2.05, 4.69) is 10.6 Å². The highest BCUT2D eigenvalue weighted by atomic mass is 19.3. The van der Waals surface area contributed by atoms with Crippen LogP contribution in [-0.4, -0.2) is 24.6 Å². The van der Waals surface area contributed by atoms with E-state index in [0.29, 0.717) is 12.5 Å². The van der Waals surface area contributed by atoms with Crippen molar-refractivity contribution < 1.29 is 13.7 Å². The van der Waals surface area contributed by atoms with Crippen LogP contribution in [0.15, 0.2) is 18.2 Å². The van der Waals surface area contributed by atoms with Crippen molar-refractivity contribution >= 4 is 11.4 Å². The number of nitro groups is 1. The van der Waals surface area contributed by atoms with Crippen LogP contribution < -0.4 is 10.6 Å². The van der Waals surface area contributed by atoms with Crippen LogP contribution in [0.4, 0.5) is 20.2 Å². The lowest BCUT2D eigenvalue weighted by atomic mass is 9.98. The van der Waals surface area contributed by atoms with Crippen LogP contribution >= 0.6 is 0 Å². The standard InChI is InChI=1S/C13H17F2N3O2/c14-13(15)11-7-10(18(19)20)1-2-12(11)17-8-9-3-5-16-6-4-9/h1-2,7,9,13,16-17H,3-6,8H2. The number of nitrogens with zero attached hydrogens (tertiary/aromatic N) is 1. The van der Waals surface area contributed by atoms with Crippen molar-refractivity contribution in [1.82, 2.24) is 5.32 Å². The molecule has 5 nitrogen and oxygen atoms in total. The third-order valence-electron chi connectivity index (χ3n) is 3.52. The van der Waals surface area contributed by atoms with Gasteiger partial charge in [0.2, 0.25) is 0 Å². The van der Waals surface area contributed by atoms with Crippen LogP contribution in [0.3, 0.4) is 0 Å². The van der Waals surface area contributed by atoms with Gasteiger partial charge in [0.25, 0.3) is 12.1 Å². The number of piperidine rings is 1. The van der Waals surface area contributed by atoms with Gasteiger partial charge in [-0.3, -0.25) is 10.1 Å². The first-order valence-electron chi connectivity index (χ1n) is 6.59. The number of halogens is 2. The topological polar surface area (TPSA) is 67.2 Å². The molecule has 1 aromatic carbocycles. The van der Waals surface area contributed by atoms with E-state index in [9.17, 15) is 18.9 Å². The Labute approximate surface area is 115 Å². The summed E-state index contributed by atoms with van der Waals surface area (Å²) >= 11 is 0. The van der Waals surface area contributed by atoms with Gasteiger partial charge in [-0.2, -0.15) is 0 Å². The quantitative estimate of drug-likeness (QED) is 0.644. The molecule has 0 amide bonds. The van der Waals surface area contributed by atoms with Crippen LogP contribution in [0.25, 0.3) is 0 Å². The summed E-state index contributed by atoms with van der Waals surface area (Å²) in [7, 11) is 0. The van der Waals surface area contributed by atoms with Crippen molar-refractivity contribution in [2.75, 3.05) is 25.0 Å². The van der Waals surface area contributed by atoms with Crippen molar-refractivity contribution in [3.8, 4) is 0 Å². The lowest BCUT2D eigenvalue weighted by Crippen LogP contribution is -2.31. The molecule has 20 heavy (non-hydrogen) atoms. The smallest absolute Gasteiger partial charge is 0.270 e. The molecule has 1 fully saturated rings. The highest BCUT2D eigenvalue weighted by Crippen LogP contribution is 2.31. The van der Waals surface area contributed by atoms with Crippen molar-refractivity contribution in [3.05, 3.63) is 33.9 Å². The van der Waals surface area contributed by atoms with E-state index in [1.165, 1.54) is 12.1 Å². The van der Waals surface area contributed by atoms with Gasteiger partial charge in [0.15, 0.2) is 0 Å². The van der Waals surface area contributed by atoms with E-state index in [1.807, 2.05) is 0 Å². The van der Waals surface area contributed by atoms with E-state index in [-0.39, 0.29) is 16.9 Å². The minimum atomic E-state index is -2.73. The molecule has 1 aromatic rings. The largest absolute Gasteiger partial charge is 0.384 e. The molecule has 0 atom stereocenters. The maximum atomic E-state index is 13.0. The van der Waals surface area contributed by atoms with Gasteiger partial charge in [-0.25, -0.2) is 8.78 Å². The van der Waals surface area contributed by atoms with E-state index in [1.54, 1.807) is 0 Å². The minimum Gasteiger partial charge on any atom is -0.384 e. The third kappa shape index (κ3) is 3.63. The van der Waals surface area contributed by atoms with Gasteiger partial charge < -0.3 is 10.6 Å². The van der Waals surface area contributed by atoms with Gasteiger partial charge in [0.05, 0.1) is 4.92 Å². The zero-order chi connectivity index (χ0) is 14.5. The monoisotopic (exact) mass is 285 g/mol. The van der Waals surface area contributed by atoms with Gasteiger partial charge in [0.1, 0.15) is 0 Å². The van der Waals surface area contributed by atoms with E-state index in [0.717, 1.165) is 32.0 Å². The van der Waals surface area contributed by atoms with Crippen molar-refractivity contribution in [1.29, 1.82) is 0 Å². The van der Waals surface area contributed by atoms with Gasteiger partial charge in [-0.05, 0) is 37.9 Å². The molecule has 0 spiro atoms. The predicted octanol–water partition coefficient (Wildman–Crippen LogP) is 2.94. The number of benzene rings is 1. The summed E-state index contributed by atoms with van der Waals surface area (Å²) in [6.07, 6.45) is -0.723. The number of hydrogen-bond donors (Lipinski definition) is 2. The molecule has 110 valence electrons. The highest BCUT2D eigenvalue weighted by molar-refractivity contribution is 5.56. The number of rotatable bonds is 5.